The Morgan fingerprint density at radius 2 is 2.10 bits per heavy atom. The van der Waals surface area contributed by atoms with Gasteiger partial charge >= 0.3 is 0 Å². The highest BCUT2D eigenvalue weighted by Crippen LogP contribution is 2.16. The van der Waals surface area contributed by atoms with Crippen molar-refractivity contribution in [1.29, 1.82) is 0 Å². The summed E-state index contributed by atoms with van der Waals surface area (Å²) in [5.41, 5.74) is 1.19. The Morgan fingerprint density at radius 1 is 1.35 bits per heavy atom. The first-order chi connectivity index (χ1) is 9.69. The van der Waals surface area contributed by atoms with E-state index in [1.165, 1.54) is 38.2 Å². The van der Waals surface area contributed by atoms with E-state index in [9.17, 15) is 0 Å². The summed E-state index contributed by atoms with van der Waals surface area (Å²) in [7, 11) is 2.26. The van der Waals surface area contributed by atoms with Crippen molar-refractivity contribution in [3.63, 3.8) is 0 Å². The quantitative estimate of drug-likeness (QED) is 0.857. The number of benzene rings is 1. The predicted molar refractivity (Wildman–Crippen MR) is 90.4 cm³/mol. The van der Waals surface area contributed by atoms with Crippen LogP contribution < -0.4 is 5.32 Å². The van der Waals surface area contributed by atoms with Crippen molar-refractivity contribution in [3.05, 3.63) is 28.7 Å². The summed E-state index contributed by atoms with van der Waals surface area (Å²) in [5, 5.41) is 3.49. The van der Waals surface area contributed by atoms with Gasteiger partial charge in [-0.15, -0.1) is 0 Å². The maximum Gasteiger partial charge on any atom is 0.0351 e. The summed E-state index contributed by atoms with van der Waals surface area (Å²) in [6.45, 7) is 8.06. The number of piperidine rings is 1. The number of nitrogens with one attached hydrogen (secondary N) is 1. The molecule has 0 atom stereocenters. The van der Waals surface area contributed by atoms with Crippen molar-refractivity contribution in [1.82, 2.24) is 9.80 Å². The minimum atomic E-state index is 0.752. The number of likely N-dealkylation sites (N-methyl/N-ethyl adjacent to an activating group) is 1. The predicted octanol–water partition coefficient (Wildman–Crippen LogP) is 3.28. The monoisotopic (exact) mass is 339 g/mol. The van der Waals surface area contributed by atoms with Gasteiger partial charge in [0.05, 0.1) is 0 Å². The smallest absolute Gasteiger partial charge is 0.0351 e. The van der Waals surface area contributed by atoms with Crippen LogP contribution in [0, 0.1) is 0 Å². The van der Waals surface area contributed by atoms with Crippen molar-refractivity contribution < 1.29 is 0 Å². The second kappa shape index (κ2) is 8.01. The molecule has 1 aromatic carbocycles. The minimum absolute atomic E-state index is 0.752. The lowest BCUT2D eigenvalue weighted by Gasteiger charge is -2.36. The fraction of sp³-hybridized carbons (Fsp3) is 0.625. The Kier molecular flexibility index (Phi) is 6.33. The summed E-state index contributed by atoms with van der Waals surface area (Å²) < 4.78 is 1.13. The molecule has 0 aliphatic carbocycles. The van der Waals surface area contributed by atoms with E-state index in [0.29, 0.717) is 0 Å². The molecule has 1 fully saturated rings. The van der Waals surface area contributed by atoms with Gasteiger partial charge in [-0.3, -0.25) is 0 Å². The Morgan fingerprint density at radius 3 is 2.75 bits per heavy atom. The second-order valence-electron chi connectivity index (χ2n) is 5.58. The molecule has 1 aliphatic rings. The van der Waals surface area contributed by atoms with E-state index in [0.717, 1.165) is 23.6 Å². The molecular weight excluding hydrogens is 314 g/mol. The first-order valence-corrected chi connectivity index (χ1v) is 8.40. The zero-order valence-corrected chi connectivity index (χ0v) is 14.2. The molecule has 0 spiro atoms. The zero-order chi connectivity index (χ0) is 14.4. The van der Waals surface area contributed by atoms with E-state index in [4.69, 9.17) is 0 Å². The van der Waals surface area contributed by atoms with E-state index in [1.54, 1.807) is 0 Å². The van der Waals surface area contributed by atoms with Crippen LogP contribution in [0.1, 0.15) is 19.8 Å². The van der Waals surface area contributed by atoms with E-state index in [2.05, 4.69) is 69.3 Å². The molecule has 0 bridgehead atoms. The summed E-state index contributed by atoms with van der Waals surface area (Å²) in [5.74, 6) is 0. The molecule has 0 aromatic heterocycles. The molecule has 1 heterocycles. The average Bonchev–Trinajstić information content (AvgIpc) is 2.47. The lowest BCUT2D eigenvalue weighted by molar-refractivity contribution is 0.135. The van der Waals surface area contributed by atoms with E-state index < -0.39 is 0 Å². The number of rotatable bonds is 6. The van der Waals surface area contributed by atoms with Gasteiger partial charge in [-0.2, -0.15) is 0 Å². The van der Waals surface area contributed by atoms with Gasteiger partial charge in [-0.05, 0) is 57.7 Å². The fourth-order valence-electron chi connectivity index (χ4n) is 2.83. The molecule has 4 heteroatoms. The van der Waals surface area contributed by atoms with Crippen LogP contribution in [-0.4, -0.2) is 55.6 Å². The number of hydrogen-bond acceptors (Lipinski definition) is 3. The van der Waals surface area contributed by atoms with Gasteiger partial charge in [-0.25, -0.2) is 0 Å². The maximum atomic E-state index is 3.50. The summed E-state index contributed by atoms with van der Waals surface area (Å²) in [4.78, 5) is 5.06. The number of hydrogen-bond donors (Lipinski definition) is 1. The largest absolute Gasteiger partial charge is 0.384 e. The molecule has 112 valence electrons. The molecule has 0 radical (unpaired) electrons. The summed E-state index contributed by atoms with van der Waals surface area (Å²) in [6, 6.07) is 9.11. The third kappa shape index (κ3) is 4.76. The molecule has 1 N–H and O–H groups in total. The first kappa shape index (κ1) is 15.8. The van der Waals surface area contributed by atoms with Crippen molar-refractivity contribution in [2.45, 2.75) is 25.8 Å². The van der Waals surface area contributed by atoms with Crippen LogP contribution in [0.15, 0.2) is 28.7 Å². The number of anilines is 1. The minimum Gasteiger partial charge on any atom is -0.384 e. The molecule has 1 aromatic rings. The van der Waals surface area contributed by atoms with Gasteiger partial charge in [0.15, 0.2) is 0 Å². The number of nitrogens with zero attached hydrogens (tertiary/aromatic N) is 2. The van der Waals surface area contributed by atoms with Crippen LogP contribution >= 0.6 is 15.9 Å². The molecule has 0 amide bonds. The van der Waals surface area contributed by atoms with Crippen LogP contribution in [0.4, 0.5) is 5.69 Å². The third-order valence-electron chi connectivity index (χ3n) is 4.25. The maximum absolute atomic E-state index is 3.50. The second-order valence-corrected chi connectivity index (χ2v) is 6.50. The van der Waals surface area contributed by atoms with Gasteiger partial charge in [0.2, 0.25) is 0 Å². The van der Waals surface area contributed by atoms with Gasteiger partial charge < -0.3 is 15.1 Å². The molecule has 3 nitrogen and oxygen atoms in total. The van der Waals surface area contributed by atoms with Crippen LogP contribution in [-0.2, 0) is 0 Å². The molecule has 0 saturated carbocycles. The van der Waals surface area contributed by atoms with Crippen LogP contribution in [0.25, 0.3) is 0 Å². The molecule has 20 heavy (non-hydrogen) atoms. The highest BCUT2D eigenvalue weighted by Gasteiger charge is 2.20. The van der Waals surface area contributed by atoms with Crippen molar-refractivity contribution >= 4 is 21.6 Å². The summed E-state index contributed by atoms with van der Waals surface area (Å²) >= 11 is 3.50. The standard InChI is InChI=1S/C16H26BrN3/c1-3-20-10-7-16(8-11-20)19(2)12-9-18-15-6-4-5-14(17)13-15/h4-6,13,16,18H,3,7-12H2,1-2H3. The van der Waals surface area contributed by atoms with Crippen LogP contribution in [0.3, 0.4) is 0 Å². The van der Waals surface area contributed by atoms with Gasteiger partial charge in [0, 0.05) is 29.3 Å². The van der Waals surface area contributed by atoms with Gasteiger partial charge in [0.1, 0.15) is 0 Å². The topological polar surface area (TPSA) is 18.5 Å². The lowest BCUT2D eigenvalue weighted by atomic mass is 10.0. The Hall–Kier alpha value is -0.580. The average molecular weight is 340 g/mol. The fourth-order valence-corrected chi connectivity index (χ4v) is 3.23. The number of halogens is 1. The van der Waals surface area contributed by atoms with Crippen molar-refractivity contribution in [3.8, 4) is 0 Å². The number of likely N-dealkylation sites (tertiary alicyclic amines) is 1. The van der Waals surface area contributed by atoms with Crippen molar-refractivity contribution in [2.75, 3.05) is 45.1 Å². The van der Waals surface area contributed by atoms with E-state index in [-0.39, 0.29) is 0 Å². The molecule has 2 rings (SSSR count). The molecule has 1 saturated heterocycles. The third-order valence-corrected chi connectivity index (χ3v) is 4.74. The normalized spacial score (nSPS) is 17.6. The summed E-state index contributed by atoms with van der Waals surface area (Å²) in [6.07, 6.45) is 2.61. The molecular formula is C16H26BrN3. The van der Waals surface area contributed by atoms with Crippen molar-refractivity contribution in [2.24, 2.45) is 0 Å². The Labute approximate surface area is 131 Å². The molecule has 0 unspecified atom stereocenters. The highest BCUT2D eigenvalue weighted by molar-refractivity contribution is 9.10. The van der Waals surface area contributed by atoms with E-state index >= 15 is 0 Å². The Bertz CT molecular complexity index is 402. The van der Waals surface area contributed by atoms with Gasteiger partial charge in [0.25, 0.3) is 0 Å². The van der Waals surface area contributed by atoms with Crippen LogP contribution in [0.5, 0.6) is 0 Å². The van der Waals surface area contributed by atoms with Crippen LogP contribution in [0.2, 0.25) is 0 Å². The SMILES string of the molecule is CCN1CCC(N(C)CCNc2cccc(Br)c2)CC1. The highest BCUT2D eigenvalue weighted by atomic mass is 79.9. The molecule has 1 aliphatic heterocycles. The Balaban J connectivity index is 1.69. The first-order valence-electron chi connectivity index (χ1n) is 7.61. The zero-order valence-electron chi connectivity index (χ0n) is 12.6. The van der Waals surface area contributed by atoms with Gasteiger partial charge in [-0.1, -0.05) is 28.9 Å². The van der Waals surface area contributed by atoms with E-state index in [1.807, 2.05) is 0 Å². The lowest BCUT2D eigenvalue weighted by Crippen LogP contribution is -2.44.